The van der Waals surface area contributed by atoms with Gasteiger partial charge in [0.05, 0.1) is 26.4 Å². The molecule has 0 heterocycles. The number of carbonyl (C=O) groups excluding carboxylic acids is 1. The molecule has 0 saturated heterocycles. The van der Waals surface area contributed by atoms with Crippen LogP contribution >= 0.6 is 7.82 Å². The standard InChI is InChI=1S/C54H97O9P/c1-3-5-7-9-11-13-15-17-19-21-23-24-25-26-27-29-31-33-35-37-39-41-43-45-47-60-50-53(51-62-64(58,59)61-49-52(56)48-55)63-54(57)46-44-42-40-38-36-34-32-30-28-22-20-18-16-14-12-10-8-6-4-2/h5,7,11-14,17-20,23-24,52-53,55-56H,3-4,6,8-10,15-16,21-22,25-51H2,1-2H3,(H,58,59)/b7-5-,13-11-,14-12-,19-17-,20-18-,24-23-. The fourth-order valence-corrected chi connectivity index (χ4v) is 7.76. The molecule has 372 valence electrons. The zero-order valence-electron chi connectivity index (χ0n) is 41.0. The molecule has 0 aromatic carbocycles. The number of unbranched alkanes of at least 4 members (excludes halogenated alkanes) is 23. The Morgan fingerprint density at radius 3 is 1.34 bits per heavy atom. The molecule has 10 heteroatoms. The molecule has 0 aromatic rings. The van der Waals surface area contributed by atoms with Gasteiger partial charge >= 0.3 is 13.8 Å². The Labute approximate surface area is 392 Å². The molecule has 0 aliphatic carbocycles. The van der Waals surface area contributed by atoms with Crippen LogP contribution in [0.5, 0.6) is 0 Å². The van der Waals surface area contributed by atoms with Crippen molar-refractivity contribution in [2.24, 2.45) is 0 Å². The van der Waals surface area contributed by atoms with Crippen LogP contribution in [0.2, 0.25) is 0 Å². The second-order valence-corrected chi connectivity index (χ2v) is 18.6. The fourth-order valence-electron chi connectivity index (χ4n) is 6.97. The highest BCUT2D eigenvalue weighted by atomic mass is 31.2. The molecule has 0 saturated carbocycles. The molecular weight excluding hydrogens is 824 g/mol. The van der Waals surface area contributed by atoms with Gasteiger partial charge in [-0.25, -0.2) is 4.57 Å². The third-order valence-electron chi connectivity index (χ3n) is 10.9. The molecule has 3 unspecified atom stereocenters. The number of esters is 1. The number of phosphoric acid groups is 1. The van der Waals surface area contributed by atoms with Crippen molar-refractivity contribution in [2.75, 3.05) is 33.0 Å². The van der Waals surface area contributed by atoms with E-state index in [-0.39, 0.29) is 25.6 Å². The highest BCUT2D eigenvalue weighted by Crippen LogP contribution is 2.43. The minimum atomic E-state index is -4.53. The lowest BCUT2D eigenvalue weighted by Gasteiger charge is -2.20. The molecule has 0 rings (SSSR count). The number of rotatable bonds is 49. The zero-order chi connectivity index (χ0) is 46.7. The summed E-state index contributed by atoms with van der Waals surface area (Å²) in [5.74, 6) is -0.388. The van der Waals surface area contributed by atoms with Crippen LogP contribution in [0.3, 0.4) is 0 Å². The van der Waals surface area contributed by atoms with Crippen molar-refractivity contribution in [3.8, 4) is 0 Å². The number of ether oxygens (including phenoxy) is 2. The van der Waals surface area contributed by atoms with Crippen molar-refractivity contribution < 1.29 is 43.0 Å². The Kier molecular flexibility index (Phi) is 48.7. The SMILES string of the molecule is CC/C=C\C/C=C\C/C=C\C/C=C\CCCCCCCCCCCCCOCC(COP(=O)(O)OCC(O)CO)OC(=O)CCCCCCCCCCC/C=C\C/C=C\CCCCC. The molecule has 64 heavy (non-hydrogen) atoms. The Morgan fingerprint density at radius 1 is 0.500 bits per heavy atom. The van der Waals surface area contributed by atoms with Gasteiger partial charge < -0.3 is 24.6 Å². The van der Waals surface area contributed by atoms with Gasteiger partial charge in [-0.05, 0) is 83.5 Å². The molecule has 0 aliphatic heterocycles. The van der Waals surface area contributed by atoms with Crippen molar-refractivity contribution in [1.82, 2.24) is 0 Å². The summed E-state index contributed by atoms with van der Waals surface area (Å²) in [5, 5.41) is 18.4. The van der Waals surface area contributed by atoms with Gasteiger partial charge in [0.15, 0.2) is 0 Å². The first kappa shape index (κ1) is 61.9. The van der Waals surface area contributed by atoms with E-state index in [0.29, 0.717) is 6.61 Å². The molecule has 0 amide bonds. The summed E-state index contributed by atoms with van der Waals surface area (Å²) in [7, 11) is -4.53. The van der Waals surface area contributed by atoms with Gasteiger partial charge in [-0.15, -0.1) is 0 Å². The third kappa shape index (κ3) is 49.3. The smallest absolute Gasteiger partial charge is 0.457 e. The highest BCUT2D eigenvalue weighted by Gasteiger charge is 2.26. The van der Waals surface area contributed by atoms with E-state index in [4.69, 9.17) is 23.6 Å². The van der Waals surface area contributed by atoms with E-state index < -0.39 is 33.2 Å². The van der Waals surface area contributed by atoms with E-state index >= 15 is 0 Å². The first-order valence-electron chi connectivity index (χ1n) is 25.9. The summed E-state index contributed by atoms with van der Waals surface area (Å²) in [4.78, 5) is 22.7. The number of carbonyl (C=O) groups is 1. The minimum Gasteiger partial charge on any atom is -0.457 e. The van der Waals surface area contributed by atoms with E-state index in [1.165, 1.54) is 116 Å². The monoisotopic (exact) mass is 921 g/mol. The van der Waals surface area contributed by atoms with Crippen molar-refractivity contribution in [1.29, 1.82) is 0 Å². The lowest BCUT2D eigenvalue weighted by atomic mass is 10.1. The van der Waals surface area contributed by atoms with Crippen LogP contribution in [0, 0.1) is 0 Å². The van der Waals surface area contributed by atoms with Crippen LogP contribution in [-0.4, -0.2) is 66.3 Å². The lowest BCUT2D eigenvalue weighted by molar-refractivity contribution is -0.154. The van der Waals surface area contributed by atoms with Crippen molar-refractivity contribution in [2.45, 2.75) is 232 Å². The number of aliphatic hydroxyl groups excluding tert-OH is 2. The molecular formula is C54H97O9P. The summed E-state index contributed by atoms with van der Waals surface area (Å²) in [5.41, 5.74) is 0. The lowest BCUT2D eigenvalue weighted by Crippen LogP contribution is -2.29. The average molecular weight is 921 g/mol. The Balaban J connectivity index is 4.07. The maximum atomic E-state index is 12.7. The van der Waals surface area contributed by atoms with Gasteiger partial charge in [0, 0.05) is 13.0 Å². The molecule has 0 aromatic heterocycles. The van der Waals surface area contributed by atoms with Crippen LogP contribution in [0.4, 0.5) is 0 Å². The van der Waals surface area contributed by atoms with Gasteiger partial charge in [-0.1, -0.05) is 202 Å². The number of allylic oxidation sites excluding steroid dienone is 12. The normalized spacial score (nSPS) is 14.4. The van der Waals surface area contributed by atoms with Crippen molar-refractivity contribution >= 4 is 13.8 Å². The molecule has 9 nitrogen and oxygen atoms in total. The molecule has 0 bridgehead atoms. The van der Waals surface area contributed by atoms with Crippen molar-refractivity contribution in [3.63, 3.8) is 0 Å². The summed E-state index contributed by atoms with van der Waals surface area (Å²) >= 11 is 0. The molecule has 0 spiro atoms. The van der Waals surface area contributed by atoms with Gasteiger partial charge in [-0.3, -0.25) is 13.8 Å². The largest absolute Gasteiger partial charge is 0.472 e. The van der Waals surface area contributed by atoms with E-state index in [9.17, 15) is 19.4 Å². The predicted molar refractivity (Wildman–Crippen MR) is 269 cm³/mol. The van der Waals surface area contributed by atoms with Gasteiger partial charge in [-0.2, -0.15) is 0 Å². The van der Waals surface area contributed by atoms with E-state index in [1.54, 1.807) is 0 Å². The first-order chi connectivity index (χ1) is 31.3. The first-order valence-corrected chi connectivity index (χ1v) is 27.4. The number of phosphoric ester groups is 1. The van der Waals surface area contributed by atoms with E-state index in [1.807, 2.05) is 0 Å². The van der Waals surface area contributed by atoms with Crippen LogP contribution in [-0.2, 0) is 27.9 Å². The topological polar surface area (TPSA) is 132 Å². The zero-order valence-corrected chi connectivity index (χ0v) is 41.9. The summed E-state index contributed by atoms with van der Waals surface area (Å²) in [6.45, 7) is 3.39. The molecule has 0 radical (unpaired) electrons. The van der Waals surface area contributed by atoms with E-state index in [0.717, 1.165) is 83.5 Å². The maximum Gasteiger partial charge on any atom is 0.472 e. The maximum absolute atomic E-state index is 12.7. The van der Waals surface area contributed by atoms with Crippen LogP contribution in [0.25, 0.3) is 0 Å². The summed E-state index contributed by atoms with van der Waals surface area (Å²) in [6.07, 6.45) is 61.5. The number of hydrogen-bond acceptors (Lipinski definition) is 8. The van der Waals surface area contributed by atoms with Crippen LogP contribution < -0.4 is 0 Å². The quantitative estimate of drug-likeness (QED) is 0.0236. The summed E-state index contributed by atoms with van der Waals surface area (Å²) in [6, 6.07) is 0. The number of hydrogen-bond donors (Lipinski definition) is 3. The van der Waals surface area contributed by atoms with E-state index in [2.05, 4.69) is 86.8 Å². The Morgan fingerprint density at radius 2 is 0.891 bits per heavy atom. The van der Waals surface area contributed by atoms with Crippen LogP contribution in [0.15, 0.2) is 72.9 Å². The fraction of sp³-hybridized carbons (Fsp3) is 0.759. The molecule has 0 fully saturated rings. The molecule has 3 atom stereocenters. The second kappa shape index (κ2) is 50.3. The van der Waals surface area contributed by atoms with Gasteiger partial charge in [0.2, 0.25) is 0 Å². The Bertz CT molecular complexity index is 1230. The summed E-state index contributed by atoms with van der Waals surface area (Å²) < 4.78 is 33.5. The predicted octanol–water partition coefficient (Wildman–Crippen LogP) is 15.3. The van der Waals surface area contributed by atoms with Gasteiger partial charge in [0.25, 0.3) is 0 Å². The number of aliphatic hydroxyl groups is 2. The highest BCUT2D eigenvalue weighted by molar-refractivity contribution is 7.47. The van der Waals surface area contributed by atoms with Crippen molar-refractivity contribution in [3.05, 3.63) is 72.9 Å². The third-order valence-corrected chi connectivity index (χ3v) is 11.8. The molecule has 3 N–H and O–H groups in total. The van der Waals surface area contributed by atoms with Gasteiger partial charge in [0.1, 0.15) is 12.2 Å². The Hall–Kier alpha value is -2.10. The average Bonchev–Trinajstić information content (AvgIpc) is 3.29. The molecule has 0 aliphatic rings. The second-order valence-electron chi connectivity index (χ2n) is 17.2. The van der Waals surface area contributed by atoms with Crippen LogP contribution in [0.1, 0.15) is 219 Å². The minimum absolute atomic E-state index is 0.0429.